The maximum atomic E-state index is 12.7. The highest BCUT2D eigenvalue weighted by atomic mass is 19.4. The molecule has 11 heteroatoms. The maximum Gasteiger partial charge on any atom is 0.416 e. The number of rotatable bonds is 2. The van der Waals surface area contributed by atoms with Crippen LogP contribution in [-0.2, 0) is 12.4 Å². The van der Waals surface area contributed by atoms with Crippen molar-refractivity contribution in [2.75, 3.05) is 5.32 Å². The molecule has 5 nitrogen and oxygen atoms in total. The molecule has 25 heavy (non-hydrogen) atoms. The first-order valence-electron chi connectivity index (χ1n) is 6.40. The van der Waals surface area contributed by atoms with Gasteiger partial charge >= 0.3 is 12.4 Å². The van der Waals surface area contributed by atoms with E-state index in [9.17, 15) is 41.0 Å². The molecular weight excluding hydrogens is 358 g/mol. The molecule has 134 valence electrons. The van der Waals surface area contributed by atoms with Gasteiger partial charge in [-0.1, -0.05) is 0 Å². The number of nitrogens with one attached hydrogen (secondary N) is 2. The molecule has 0 aliphatic carbocycles. The summed E-state index contributed by atoms with van der Waals surface area (Å²) >= 11 is 0. The Morgan fingerprint density at radius 3 is 1.88 bits per heavy atom. The van der Waals surface area contributed by atoms with Crippen LogP contribution in [0.25, 0.3) is 0 Å². The summed E-state index contributed by atoms with van der Waals surface area (Å²) in [5.74, 6) is -1.87. The van der Waals surface area contributed by atoms with Crippen molar-refractivity contribution in [3.05, 3.63) is 57.4 Å². The average Bonchev–Trinajstić information content (AvgIpc) is 2.44. The summed E-state index contributed by atoms with van der Waals surface area (Å²) in [5, 5.41) is 11.0. The number of anilines is 1. The summed E-state index contributed by atoms with van der Waals surface area (Å²) in [5.41, 5.74) is -5.32. The van der Waals surface area contributed by atoms with Crippen LogP contribution in [0.2, 0.25) is 0 Å². The summed E-state index contributed by atoms with van der Waals surface area (Å²) < 4.78 is 76.5. The molecule has 0 spiro atoms. The fourth-order valence-corrected chi connectivity index (χ4v) is 1.89. The predicted molar refractivity (Wildman–Crippen MR) is 73.1 cm³/mol. The number of hydrogen-bond donors (Lipinski definition) is 3. The van der Waals surface area contributed by atoms with Crippen LogP contribution in [0, 0.1) is 0 Å². The zero-order valence-corrected chi connectivity index (χ0v) is 11.9. The van der Waals surface area contributed by atoms with E-state index in [0.29, 0.717) is 18.2 Å². The summed E-state index contributed by atoms with van der Waals surface area (Å²) in [6.45, 7) is 0. The van der Waals surface area contributed by atoms with Crippen molar-refractivity contribution in [1.82, 2.24) is 4.98 Å². The molecule has 0 unspecified atom stereocenters. The van der Waals surface area contributed by atoms with Gasteiger partial charge < -0.3 is 10.4 Å². The molecule has 0 bridgehead atoms. The van der Waals surface area contributed by atoms with Crippen LogP contribution in [0.15, 0.2) is 35.1 Å². The minimum atomic E-state index is -5.07. The topological polar surface area (TPSA) is 82.2 Å². The number of benzene rings is 1. The van der Waals surface area contributed by atoms with Gasteiger partial charge in [0.2, 0.25) is 0 Å². The number of pyridine rings is 1. The normalized spacial score (nSPS) is 12.1. The van der Waals surface area contributed by atoms with Crippen molar-refractivity contribution in [2.45, 2.75) is 12.4 Å². The van der Waals surface area contributed by atoms with Gasteiger partial charge in [0.05, 0.1) is 16.7 Å². The number of halogens is 6. The van der Waals surface area contributed by atoms with Crippen molar-refractivity contribution < 1.29 is 36.2 Å². The van der Waals surface area contributed by atoms with Crippen LogP contribution >= 0.6 is 0 Å². The first kappa shape index (κ1) is 18.4. The molecular formula is C14H8F6N2O3. The number of carbonyl (C=O) groups is 1. The van der Waals surface area contributed by atoms with Crippen LogP contribution < -0.4 is 10.9 Å². The smallest absolute Gasteiger partial charge is 0.416 e. The molecule has 1 aromatic carbocycles. The van der Waals surface area contributed by atoms with Crippen LogP contribution in [0.3, 0.4) is 0 Å². The van der Waals surface area contributed by atoms with E-state index in [-0.39, 0.29) is 6.07 Å². The molecule has 0 radical (unpaired) electrons. The Hall–Kier alpha value is -2.98. The van der Waals surface area contributed by atoms with E-state index in [1.165, 1.54) is 0 Å². The monoisotopic (exact) mass is 366 g/mol. The van der Waals surface area contributed by atoms with E-state index in [4.69, 9.17) is 0 Å². The lowest BCUT2D eigenvalue weighted by Gasteiger charge is -2.14. The molecule has 0 aliphatic rings. The Kier molecular flexibility index (Phi) is 4.51. The first-order chi connectivity index (χ1) is 11.4. The number of H-pyrrole nitrogens is 1. The standard InChI is InChI=1S/C14H8F6N2O3/c15-13(16,17)7-3-8(14(18,19)20)5-9(4-7)21-12(25)6-1-10(23)22-11(24)2-6/h1-5H,(H,21,25)(H2,22,23,24). The second-order valence-electron chi connectivity index (χ2n) is 4.87. The third-order valence-electron chi connectivity index (χ3n) is 2.94. The molecule has 0 saturated carbocycles. The van der Waals surface area contributed by atoms with E-state index in [1.54, 1.807) is 0 Å². The second kappa shape index (κ2) is 6.15. The van der Waals surface area contributed by atoms with Gasteiger partial charge in [0.15, 0.2) is 5.88 Å². The van der Waals surface area contributed by atoms with E-state index >= 15 is 0 Å². The number of alkyl halides is 6. The van der Waals surface area contributed by atoms with Crippen molar-refractivity contribution in [1.29, 1.82) is 0 Å². The number of aromatic nitrogens is 1. The Labute approximate surface area is 134 Å². The molecule has 0 aliphatic heterocycles. The quantitative estimate of drug-likeness (QED) is 0.713. The molecule has 1 heterocycles. The van der Waals surface area contributed by atoms with Gasteiger partial charge in [0.1, 0.15) is 0 Å². The second-order valence-corrected chi connectivity index (χ2v) is 4.87. The molecule has 3 N–H and O–H groups in total. The van der Waals surface area contributed by atoms with Gasteiger partial charge in [0, 0.05) is 17.8 Å². The Morgan fingerprint density at radius 1 is 0.920 bits per heavy atom. The fourth-order valence-electron chi connectivity index (χ4n) is 1.89. The van der Waals surface area contributed by atoms with Gasteiger partial charge in [-0.3, -0.25) is 14.6 Å². The summed E-state index contributed by atoms with van der Waals surface area (Å²) in [4.78, 5) is 25.0. The number of aromatic amines is 1. The minimum absolute atomic E-state index is 0.0886. The fraction of sp³-hybridized carbons (Fsp3) is 0.143. The van der Waals surface area contributed by atoms with Gasteiger partial charge in [-0.15, -0.1) is 0 Å². The minimum Gasteiger partial charge on any atom is -0.494 e. The summed E-state index contributed by atoms with van der Waals surface area (Å²) in [7, 11) is 0. The molecule has 0 fully saturated rings. The van der Waals surface area contributed by atoms with Gasteiger partial charge in [0.25, 0.3) is 11.5 Å². The van der Waals surface area contributed by atoms with E-state index in [1.807, 2.05) is 10.3 Å². The lowest BCUT2D eigenvalue weighted by atomic mass is 10.1. The highest BCUT2D eigenvalue weighted by Crippen LogP contribution is 2.37. The molecule has 2 aromatic rings. The van der Waals surface area contributed by atoms with Crippen LogP contribution in [0.4, 0.5) is 32.0 Å². The van der Waals surface area contributed by atoms with Crippen molar-refractivity contribution in [3.63, 3.8) is 0 Å². The number of hydrogen-bond acceptors (Lipinski definition) is 3. The maximum absolute atomic E-state index is 12.7. The van der Waals surface area contributed by atoms with Crippen molar-refractivity contribution in [2.24, 2.45) is 0 Å². The third-order valence-corrected chi connectivity index (χ3v) is 2.94. The Morgan fingerprint density at radius 2 is 1.44 bits per heavy atom. The van der Waals surface area contributed by atoms with Gasteiger partial charge in [-0.25, -0.2) is 0 Å². The zero-order chi connectivity index (χ0) is 19.0. The van der Waals surface area contributed by atoms with E-state index < -0.39 is 52.1 Å². The van der Waals surface area contributed by atoms with Crippen LogP contribution in [-0.4, -0.2) is 16.0 Å². The predicted octanol–water partition coefficient (Wildman–Crippen LogP) is 3.37. The summed E-state index contributed by atoms with van der Waals surface area (Å²) in [6, 6.07) is 2.05. The summed E-state index contributed by atoms with van der Waals surface area (Å²) in [6.07, 6.45) is -10.1. The van der Waals surface area contributed by atoms with Gasteiger partial charge in [-0.05, 0) is 18.2 Å². The first-order valence-corrected chi connectivity index (χ1v) is 6.40. The van der Waals surface area contributed by atoms with E-state index in [2.05, 4.69) is 0 Å². The Balaban J connectivity index is 2.44. The molecule has 0 saturated heterocycles. The zero-order valence-electron chi connectivity index (χ0n) is 11.9. The lowest BCUT2D eigenvalue weighted by Crippen LogP contribution is -2.17. The van der Waals surface area contributed by atoms with E-state index in [0.717, 1.165) is 6.07 Å². The number of amides is 1. The van der Waals surface area contributed by atoms with Crippen LogP contribution in [0.5, 0.6) is 5.88 Å². The van der Waals surface area contributed by atoms with Crippen molar-refractivity contribution >= 4 is 11.6 Å². The number of aromatic hydroxyl groups is 1. The molecule has 1 amide bonds. The number of carbonyl (C=O) groups excluding carboxylic acids is 1. The Bertz CT molecular complexity index is 838. The molecule has 0 atom stereocenters. The van der Waals surface area contributed by atoms with Gasteiger partial charge in [-0.2, -0.15) is 26.3 Å². The average molecular weight is 366 g/mol. The largest absolute Gasteiger partial charge is 0.494 e. The SMILES string of the molecule is O=C(Nc1cc(C(F)(F)F)cc(C(F)(F)F)c1)c1cc(O)[nH]c(=O)c1. The highest BCUT2D eigenvalue weighted by molar-refractivity contribution is 6.04. The lowest BCUT2D eigenvalue weighted by molar-refractivity contribution is -0.143. The van der Waals surface area contributed by atoms with Crippen LogP contribution in [0.1, 0.15) is 21.5 Å². The van der Waals surface area contributed by atoms with Crippen molar-refractivity contribution in [3.8, 4) is 5.88 Å². The third kappa shape index (κ3) is 4.52. The highest BCUT2D eigenvalue weighted by Gasteiger charge is 2.37. The molecule has 1 aromatic heterocycles. The molecule has 2 rings (SSSR count).